The number of carbonyl (C=O) groups excluding carboxylic acids is 1. The van der Waals surface area contributed by atoms with Crippen molar-refractivity contribution in [2.24, 2.45) is 0 Å². The first-order valence-electron chi connectivity index (χ1n) is 6.53. The van der Waals surface area contributed by atoms with Crippen molar-refractivity contribution >= 4 is 11.6 Å². The van der Waals surface area contributed by atoms with Gasteiger partial charge in [0.05, 0.1) is 12.6 Å². The first-order valence-corrected chi connectivity index (χ1v) is 6.53. The number of aliphatic hydroxyl groups excluding tert-OH is 1. The SMILES string of the molecule is O=C(CN1CC[C@H](O)C1)N1CCc2ccccc21. The van der Waals surface area contributed by atoms with Crippen LogP contribution in [0.25, 0.3) is 0 Å². The van der Waals surface area contributed by atoms with Crippen LogP contribution in [0, 0.1) is 0 Å². The van der Waals surface area contributed by atoms with Crippen LogP contribution in [0.5, 0.6) is 0 Å². The van der Waals surface area contributed by atoms with E-state index in [0.29, 0.717) is 13.1 Å². The van der Waals surface area contributed by atoms with Crippen molar-refractivity contribution in [3.05, 3.63) is 29.8 Å². The van der Waals surface area contributed by atoms with Gasteiger partial charge in [-0.25, -0.2) is 0 Å². The Kier molecular flexibility index (Phi) is 3.06. The molecule has 4 heteroatoms. The molecule has 2 aliphatic heterocycles. The number of hydrogen-bond donors (Lipinski definition) is 1. The van der Waals surface area contributed by atoms with Crippen LogP contribution in [0.3, 0.4) is 0 Å². The Morgan fingerprint density at radius 1 is 1.33 bits per heavy atom. The Hall–Kier alpha value is -1.39. The summed E-state index contributed by atoms with van der Waals surface area (Å²) in [5.74, 6) is 0.147. The monoisotopic (exact) mass is 246 g/mol. The maximum absolute atomic E-state index is 12.3. The molecule has 0 radical (unpaired) electrons. The predicted octanol–water partition coefficient (Wildman–Crippen LogP) is 0.642. The third-order valence-corrected chi connectivity index (χ3v) is 3.79. The Morgan fingerprint density at radius 2 is 2.17 bits per heavy atom. The van der Waals surface area contributed by atoms with Gasteiger partial charge in [-0.15, -0.1) is 0 Å². The number of rotatable bonds is 2. The number of amides is 1. The summed E-state index contributed by atoms with van der Waals surface area (Å²) in [7, 11) is 0. The van der Waals surface area contributed by atoms with E-state index in [-0.39, 0.29) is 12.0 Å². The van der Waals surface area contributed by atoms with E-state index in [2.05, 4.69) is 6.07 Å². The predicted molar refractivity (Wildman–Crippen MR) is 69.6 cm³/mol. The van der Waals surface area contributed by atoms with Crippen LogP contribution in [0.2, 0.25) is 0 Å². The Balaban J connectivity index is 1.67. The normalized spacial score (nSPS) is 23.4. The van der Waals surface area contributed by atoms with E-state index in [0.717, 1.165) is 31.6 Å². The standard InChI is InChI=1S/C14H18N2O2/c17-12-6-7-15(9-12)10-14(18)16-8-5-11-3-1-2-4-13(11)16/h1-4,12,17H,5-10H2/t12-/m0/s1. The fraction of sp³-hybridized carbons (Fsp3) is 0.500. The summed E-state index contributed by atoms with van der Waals surface area (Å²) in [6, 6.07) is 8.09. The highest BCUT2D eigenvalue weighted by molar-refractivity contribution is 5.96. The average molecular weight is 246 g/mol. The third kappa shape index (κ3) is 2.13. The second kappa shape index (κ2) is 4.71. The van der Waals surface area contributed by atoms with Gasteiger partial charge in [-0.05, 0) is 24.5 Å². The number of fused-ring (bicyclic) bond motifs is 1. The van der Waals surface area contributed by atoms with Crippen LogP contribution in [-0.2, 0) is 11.2 Å². The zero-order valence-corrected chi connectivity index (χ0v) is 10.4. The van der Waals surface area contributed by atoms with Gasteiger partial charge in [0.1, 0.15) is 0 Å². The number of β-amino-alcohol motifs (C(OH)–C–C–N with tert-alkyl or cyclic N) is 1. The zero-order chi connectivity index (χ0) is 12.5. The van der Waals surface area contributed by atoms with Gasteiger partial charge in [0, 0.05) is 25.3 Å². The van der Waals surface area contributed by atoms with Crippen molar-refractivity contribution in [3.63, 3.8) is 0 Å². The average Bonchev–Trinajstić information content (AvgIpc) is 2.95. The van der Waals surface area contributed by atoms with Gasteiger partial charge >= 0.3 is 0 Å². The molecular weight excluding hydrogens is 228 g/mol. The van der Waals surface area contributed by atoms with Crippen LogP contribution >= 0.6 is 0 Å². The van der Waals surface area contributed by atoms with E-state index in [4.69, 9.17) is 0 Å². The van der Waals surface area contributed by atoms with E-state index < -0.39 is 0 Å². The molecule has 18 heavy (non-hydrogen) atoms. The minimum Gasteiger partial charge on any atom is -0.392 e. The number of aliphatic hydroxyl groups is 1. The largest absolute Gasteiger partial charge is 0.392 e. The van der Waals surface area contributed by atoms with Crippen LogP contribution < -0.4 is 4.90 Å². The van der Waals surface area contributed by atoms with Gasteiger partial charge in [0.15, 0.2) is 0 Å². The molecule has 1 saturated heterocycles. The minimum atomic E-state index is -0.260. The molecule has 0 aliphatic carbocycles. The van der Waals surface area contributed by atoms with Crippen molar-refractivity contribution in [2.45, 2.75) is 18.9 Å². The number of anilines is 1. The van der Waals surface area contributed by atoms with E-state index in [1.165, 1.54) is 5.56 Å². The Morgan fingerprint density at radius 3 is 2.94 bits per heavy atom. The lowest BCUT2D eigenvalue weighted by Crippen LogP contribution is -2.39. The van der Waals surface area contributed by atoms with Gasteiger partial charge < -0.3 is 10.0 Å². The van der Waals surface area contributed by atoms with E-state index >= 15 is 0 Å². The molecule has 1 amide bonds. The molecule has 1 atom stereocenters. The molecule has 2 heterocycles. The van der Waals surface area contributed by atoms with Gasteiger partial charge in [-0.2, -0.15) is 0 Å². The highest BCUT2D eigenvalue weighted by atomic mass is 16.3. The molecule has 2 aliphatic rings. The summed E-state index contributed by atoms with van der Waals surface area (Å²) in [4.78, 5) is 16.2. The summed E-state index contributed by atoms with van der Waals surface area (Å²) in [6.45, 7) is 2.66. The van der Waals surface area contributed by atoms with E-state index in [1.807, 2.05) is 28.0 Å². The van der Waals surface area contributed by atoms with Crippen LogP contribution in [-0.4, -0.2) is 48.2 Å². The van der Waals surface area contributed by atoms with Crippen molar-refractivity contribution < 1.29 is 9.90 Å². The van der Waals surface area contributed by atoms with Crippen molar-refractivity contribution in [1.82, 2.24) is 4.90 Å². The van der Waals surface area contributed by atoms with Gasteiger partial charge in [-0.1, -0.05) is 18.2 Å². The summed E-state index contributed by atoms with van der Waals surface area (Å²) < 4.78 is 0. The molecule has 0 unspecified atom stereocenters. The second-order valence-electron chi connectivity index (χ2n) is 5.10. The molecule has 0 spiro atoms. The van der Waals surface area contributed by atoms with Gasteiger partial charge in [0.25, 0.3) is 0 Å². The van der Waals surface area contributed by atoms with Gasteiger partial charge in [-0.3, -0.25) is 9.69 Å². The van der Waals surface area contributed by atoms with Crippen LogP contribution in [0.4, 0.5) is 5.69 Å². The molecule has 1 aromatic carbocycles. The summed E-state index contributed by atoms with van der Waals surface area (Å²) in [6.07, 6.45) is 1.47. The number of benzene rings is 1. The van der Waals surface area contributed by atoms with Crippen molar-refractivity contribution in [3.8, 4) is 0 Å². The molecule has 1 aromatic rings. The molecule has 1 N–H and O–H groups in total. The van der Waals surface area contributed by atoms with E-state index in [1.54, 1.807) is 0 Å². The third-order valence-electron chi connectivity index (χ3n) is 3.79. The number of nitrogens with zero attached hydrogens (tertiary/aromatic N) is 2. The quantitative estimate of drug-likeness (QED) is 0.833. The van der Waals surface area contributed by atoms with Crippen molar-refractivity contribution in [2.75, 3.05) is 31.1 Å². The molecule has 0 aromatic heterocycles. The number of hydrogen-bond acceptors (Lipinski definition) is 3. The number of likely N-dealkylation sites (tertiary alicyclic amines) is 1. The summed E-state index contributed by atoms with van der Waals surface area (Å²) >= 11 is 0. The molecule has 4 nitrogen and oxygen atoms in total. The first kappa shape index (κ1) is 11.7. The molecule has 0 bridgehead atoms. The first-order chi connectivity index (χ1) is 8.74. The maximum Gasteiger partial charge on any atom is 0.241 e. The second-order valence-corrected chi connectivity index (χ2v) is 5.10. The van der Waals surface area contributed by atoms with Crippen LogP contribution in [0.15, 0.2) is 24.3 Å². The van der Waals surface area contributed by atoms with E-state index in [9.17, 15) is 9.90 Å². The fourth-order valence-electron chi connectivity index (χ4n) is 2.83. The lowest BCUT2D eigenvalue weighted by Gasteiger charge is -2.21. The summed E-state index contributed by atoms with van der Waals surface area (Å²) in [5.41, 5.74) is 2.31. The highest BCUT2D eigenvalue weighted by Gasteiger charge is 2.28. The maximum atomic E-state index is 12.3. The lowest BCUT2D eigenvalue weighted by atomic mass is 10.2. The van der Waals surface area contributed by atoms with Crippen molar-refractivity contribution in [1.29, 1.82) is 0 Å². The highest BCUT2D eigenvalue weighted by Crippen LogP contribution is 2.27. The molecule has 0 saturated carbocycles. The smallest absolute Gasteiger partial charge is 0.241 e. The number of carbonyl (C=O) groups is 1. The zero-order valence-electron chi connectivity index (χ0n) is 10.4. The topological polar surface area (TPSA) is 43.8 Å². The molecule has 3 rings (SSSR count). The molecule has 96 valence electrons. The van der Waals surface area contributed by atoms with Gasteiger partial charge in [0.2, 0.25) is 5.91 Å². The fourth-order valence-corrected chi connectivity index (χ4v) is 2.83. The lowest BCUT2D eigenvalue weighted by molar-refractivity contribution is -0.119. The summed E-state index contributed by atoms with van der Waals surface area (Å²) in [5, 5.41) is 9.47. The minimum absolute atomic E-state index is 0.147. The Labute approximate surface area is 107 Å². The Bertz CT molecular complexity index is 461. The molecule has 1 fully saturated rings. The molecular formula is C14H18N2O2. The number of para-hydroxylation sites is 1. The van der Waals surface area contributed by atoms with Crippen LogP contribution in [0.1, 0.15) is 12.0 Å².